The van der Waals surface area contributed by atoms with Crippen molar-refractivity contribution in [2.75, 3.05) is 24.4 Å². The lowest BCUT2D eigenvalue weighted by molar-refractivity contribution is -0.150. The van der Waals surface area contributed by atoms with Crippen LogP contribution in [0.15, 0.2) is 36.9 Å². The van der Waals surface area contributed by atoms with Crippen molar-refractivity contribution in [3.63, 3.8) is 0 Å². The smallest absolute Gasteiger partial charge is 0.323 e. The summed E-state index contributed by atoms with van der Waals surface area (Å²) in [4.78, 5) is 29.7. The Bertz CT molecular complexity index is 1350. The van der Waals surface area contributed by atoms with Gasteiger partial charge < -0.3 is 18.5 Å². The average molecular weight is 652 g/mol. The maximum absolute atomic E-state index is 12.8. The molecule has 1 aliphatic heterocycles. The normalized spacial score (nSPS) is 22.1. The number of benzene rings is 1. The van der Waals surface area contributed by atoms with E-state index >= 15 is 0 Å². The van der Waals surface area contributed by atoms with Crippen LogP contribution in [0.5, 0.6) is 5.75 Å². The zero-order valence-electron chi connectivity index (χ0n) is 24.8. The zero-order chi connectivity index (χ0) is 30.3. The monoisotopic (exact) mass is 651 g/mol. The van der Waals surface area contributed by atoms with Crippen molar-refractivity contribution in [2.45, 2.75) is 77.4 Å². The second-order valence-electron chi connectivity index (χ2n) is 10.7. The molecule has 43 heavy (non-hydrogen) atoms. The van der Waals surface area contributed by atoms with Crippen LogP contribution < -0.4 is 19.5 Å². The van der Waals surface area contributed by atoms with Crippen LogP contribution in [-0.4, -0.2) is 63.1 Å². The molecular formula is C28H39ClN7O5PS. The number of aromatic nitrogens is 4. The van der Waals surface area contributed by atoms with E-state index in [2.05, 4.69) is 31.8 Å². The molecule has 2 fully saturated rings. The van der Waals surface area contributed by atoms with Gasteiger partial charge in [0.25, 0.3) is 0 Å². The summed E-state index contributed by atoms with van der Waals surface area (Å²) < 4.78 is 26.5. The van der Waals surface area contributed by atoms with Gasteiger partial charge in [0.1, 0.15) is 30.5 Å². The maximum atomic E-state index is 12.8. The lowest BCUT2D eigenvalue weighted by atomic mass is 10.1. The van der Waals surface area contributed by atoms with Gasteiger partial charge in [0.05, 0.1) is 19.0 Å². The summed E-state index contributed by atoms with van der Waals surface area (Å²) in [6, 6.07) is 6.42. The third kappa shape index (κ3) is 8.08. The standard InChI is InChI=1S/C28H39ClN7O5PS/c1-5-36(34-43-4)26-24-25(30-16-31-26)35(17-32-24)27-18(2)14-23(39-27)15-38-42(41-22-12-10-20(29)11-13-22)33-19(3)28(37)40-21-8-6-7-9-21/h10-13,16-19,21,23,27,33-34H,5-9,14-15H2,1-4H3. The Morgan fingerprint density at radius 2 is 2.02 bits per heavy atom. The minimum absolute atomic E-state index is 0.0150. The summed E-state index contributed by atoms with van der Waals surface area (Å²) in [5.74, 6) is 1.15. The summed E-state index contributed by atoms with van der Waals surface area (Å²) in [5.41, 5.74) is 1.40. The van der Waals surface area contributed by atoms with Gasteiger partial charge in [-0.15, -0.1) is 0 Å². The third-order valence-electron chi connectivity index (χ3n) is 7.46. The molecule has 0 spiro atoms. The molecule has 2 N–H and O–H groups in total. The van der Waals surface area contributed by atoms with Gasteiger partial charge in [0, 0.05) is 17.5 Å². The Labute approximate surface area is 262 Å². The minimum Gasteiger partial charge on any atom is -0.461 e. The fraction of sp³-hybridized carbons (Fsp3) is 0.571. The fourth-order valence-electron chi connectivity index (χ4n) is 5.27. The van der Waals surface area contributed by atoms with Crippen LogP contribution in [0.4, 0.5) is 5.82 Å². The van der Waals surface area contributed by atoms with Gasteiger partial charge in [-0.2, -0.15) is 4.83 Å². The van der Waals surface area contributed by atoms with E-state index in [-0.39, 0.29) is 36.9 Å². The van der Waals surface area contributed by atoms with Crippen molar-refractivity contribution in [3.8, 4) is 5.75 Å². The number of anilines is 1. The van der Waals surface area contributed by atoms with E-state index in [9.17, 15) is 4.79 Å². The number of hydrogen-bond donors (Lipinski definition) is 2. The van der Waals surface area contributed by atoms with Crippen molar-refractivity contribution in [1.29, 1.82) is 0 Å². The number of hydrazine groups is 1. The molecule has 3 heterocycles. The topological polar surface area (TPSA) is 125 Å². The Hall–Kier alpha value is -2.25. The maximum Gasteiger partial charge on any atom is 0.323 e. The molecule has 0 bridgehead atoms. The summed E-state index contributed by atoms with van der Waals surface area (Å²) in [5, 5.41) is 5.73. The molecule has 3 aromatic rings. The first-order valence-electron chi connectivity index (χ1n) is 14.6. The molecule has 2 aliphatic rings. The fourth-order valence-corrected chi connectivity index (χ4v) is 7.05. The number of halogens is 1. The number of nitrogens with zero attached hydrogens (tertiary/aromatic N) is 5. The van der Waals surface area contributed by atoms with Crippen molar-refractivity contribution < 1.29 is 23.3 Å². The Kier molecular flexibility index (Phi) is 11.3. The van der Waals surface area contributed by atoms with Gasteiger partial charge in [-0.1, -0.05) is 30.5 Å². The van der Waals surface area contributed by atoms with Crippen LogP contribution in [0.1, 0.15) is 59.1 Å². The van der Waals surface area contributed by atoms with Crippen LogP contribution in [0.3, 0.4) is 0 Å². The predicted molar refractivity (Wildman–Crippen MR) is 169 cm³/mol. The number of hydrogen-bond acceptors (Lipinski definition) is 12. The zero-order valence-corrected chi connectivity index (χ0v) is 27.3. The number of rotatable bonds is 14. The highest BCUT2D eigenvalue weighted by atomic mass is 35.5. The molecular weight excluding hydrogens is 613 g/mol. The molecule has 2 aromatic heterocycles. The molecule has 5 rings (SSSR count). The number of ether oxygens (including phenoxy) is 2. The van der Waals surface area contributed by atoms with Crippen molar-refractivity contribution in [1.82, 2.24) is 29.4 Å². The molecule has 234 valence electrons. The van der Waals surface area contributed by atoms with E-state index < -0.39 is 14.6 Å². The van der Waals surface area contributed by atoms with Gasteiger partial charge in [-0.3, -0.25) is 14.4 Å². The van der Waals surface area contributed by atoms with Gasteiger partial charge in [0.2, 0.25) is 0 Å². The molecule has 1 saturated carbocycles. The predicted octanol–water partition coefficient (Wildman–Crippen LogP) is 5.80. The van der Waals surface area contributed by atoms with E-state index in [0.717, 1.165) is 32.1 Å². The Balaban J connectivity index is 1.24. The molecule has 12 nitrogen and oxygen atoms in total. The largest absolute Gasteiger partial charge is 0.461 e. The van der Waals surface area contributed by atoms with E-state index in [1.807, 2.05) is 22.8 Å². The Morgan fingerprint density at radius 3 is 2.74 bits per heavy atom. The van der Waals surface area contributed by atoms with Crippen LogP contribution in [-0.2, 0) is 18.8 Å². The van der Waals surface area contributed by atoms with Gasteiger partial charge in [-0.05, 0) is 76.5 Å². The quantitative estimate of drug-likeness (QED) is 0.0947. The van der Waals surface area contributed by atoms with Gasteiger partial charge in [-0.25, -0.2) is 20.0 Å². The summed E-state index contributed by atoms with van der Waals surface area (Å²) >= 11 is 7.55. The summed E-state index contributed by atoms with van der Waals surface area (Å²) in [7, 11) is -1.70. The molecule has 1 saturated heterocycles. The number of imidazole rings is 1. The number of nitrogens with one attached hydrogen (secondary N) is 2. The van der Waals surface area contributed by atoms with E-state index in [1.54, 1.807) is 43.8 Å². The highest BCUT2D eigenvalue weighted by Gasteiger charge is 2.36. The lowest BCUT2D eigenvalue weighted by Gasteiger charge is -2.24. The first-order valence-corrected chi connectivity index (χ1v) is 17.4. The number of fused-ring (bicyclic) bond motifs is 1. The molecule has 5 unspecified atom stereocenters. The van der Waals surface area contributed by atoms with Gasteiger partial charge >= 0.3 is 14.5 Å². The van der Waals surface area contributed by atoms with Crippen molar-refractivity contribution >= 4 is 55.0 Å². The molecule has 0 amide bonds. The lowest BCUT2D eigenvalue weighted by Crippen LogP contribution is -2.35. The second kappa shape index (κ2) is 15.2. The number of carbonyl (C=O) groups is 1. The third-order valence-corrected chi connectivity index (χ3v) is 9.47. The highest BCUT2D eigenvalue weighted by Crippen LogP contribution is 2.41. The van der Waals surface area contributed by atoms with Crippen LogP contribution >= 0.6 is 32.1 Å². The SMILES string of the molecule is CCN(NSC)c1ncnc2c1ncn2C1OC(COP(NC(C)C(=O)OC2CCCC2)Oc2ccc(Cl)cc2)CC1C. The number of esters is 1. The van der Waals surface area contributed by atoms with E-state index in [0.29, 0.717) is 34.3 Å². The Morgan fingerprint density at radius 1 is 1.26 bits per heavy atom. The molecule has 1 aliphatic carbocycles. The second-order valence-corrected chi connectivity index (χ2v) is 13.0. The van der Waals surface area contributed by atoms with Gasteiger partial charge in [0.15, 0.2) is 17.0 Å². The highest BCUT2D eigenvalue weighted by molar-refractivity contribution is 7.96. The first-order chi connectivity index (χ1) is 20.9. The van der Waals surface area contributed by atoms with Crippen molar-refractivity contribution in [3.05, 3.63) is 41.9 Å². The minimum atomic E-state index is -1.70. The van der Waals surface area contributed by atoms with Crippen LogP contribution in [0.2, 0.25) is 5.02 Å². The number of carbonyl (C=O) groups excluding carboxylic acids is 1. The van der Waals surface area contributed by atoms with E-state index in [4.69, 9.17) is 30.1 Å². The summed E-state index contributed by atoms with van der Waals surface area (Å²) in [6.07, 6.45) is 9.54. The summed E-state index contributed by atoms with van der Waals surface area (Å²) in [6.45, 7) is 6.92. The molecule has 5 atom stereocenters. The van der Waals surface area contributed by atoms with Crippen LogP contribution in [0, 0.1) is 5.92 Å². The van der Waals surface area contributed by atoms with Crippen LogP contribution in [0.25, 0.3) is 11.2 Å². The van der Waals surface area contributed by atoms with E-state index in [1.165, 1.54) is 11.9 Å². The molecule has 0 radical (unpaired) electrons. The molecule has 1 aromatic carbocycles. The average Bonchev–Trinajstić information content (AvgIpc) is 3.76. The molecule has 15 heteroatoms. The van der Waals surface area contributed by atoms with Crippen molar-refractivity contribution in [2.24, 2.45) is 5.92 Å². The first kappa shape index (κ1) is 32.2.